The van der Waals surface area contributed by atoms with Crippen molar-refractivity contribution in [1.82, 2.24) is 0 Å². The molecule has 0 aliphatic carbocycles. The van der Waals surface area contributed by atoms with E-state index in [1.54, 1.807) is 62.4 Å². The summed E-state index contributed by atoms with van der Waals surface area (Å²) in [5, 5.41) is 0. The van der Waals surface area contributed by atoms with Crippen molar-refractivity contribution in [2.24, 2.45) is 0 Å². The molecule has 0 aliphatic heterocycles. The molecule has 2 rings (SSSR count). The Labute approximate surface area is 151 Å². The smallest absolute Gasteiger partial charge is 0.334 e. The second-order valence-corrected chi connectivity index (χ2v) is 5.20. The summed E-state index contributed by atoms with van der Waals surface area (Å²) < 4.78 is 20.9. The van der Waals surface area contributed by atoms with Crippen LogP contribution in [0.4, 0.5) is 0 Å². The van der Waals surface area contributed by atoms with E-state index in [0.29, 0.717) is 11.5 Å². The molecule has 0 N–H and O–H groups in total. The third-order valence-electron chi connectivity index (χ3n) is 3.01. The molecule has 0 saturated heterocycles. The van der Waals surface area contributed by atoms with E-state index >= 15 is 0 Å². The molecule has 0 aromatic heterocycles. The van der Waals surface area contributed by atoms with E-state index in [2.05, 4.69) is 0 Å². The summed E-state index contributed by atoms with van der Waals surface area (Å²) in [5.41, 5.74) is 0. The Morgan fingerprint density at radius 3 is 1.38 bits per heavy atom. The molecule has 2 atom stereocenters. The molecule has 6 nitrogen and oxygen atoms in total. The van der Waals surface area contributed by atoms with E-state index < -0.39 is 24.5 Å². The number of rotatable bonds is 8. The minimum Gasteiger partial charge on any atom is -0.455 e. The molecule has 0 saturated carbocycles. The number of ether oxygens (including phenoxy) is 4. The van der Waals surface area contributed by atoms with Crippen LogP contribution in [0.1, 0.15) is 13.8 Å². The average molecular weight is 356 g/mol. The summed E-state index contributed by atoms with van der Waals surface area (Å²) in [6.07, 6.45) is 0.349. The first-order valence-electron chi connectivity index (χ1n) is 8.05. The summed E-state index contributed by atoms with van der Waals surface area (Å²) in [7, 11) is 0. The minimum atomic E-state index is -0.800. The number of carbonyl (C=O) groups is 2. The Balaban J connectivity index is 1.73. The molecule has 2 aromatic carbocycles. The summed E-state index contributed by atoms with van der Waals surface area (Å²) in [4.78, 5) is 23.4. The second kappa shape index (κ2) is 9.88. The predicted molar refractivity (Wildman–Crippen MR) is 94.4 cm³/mol. The van der Waals surface area contributed by atoms with Crippen LogP contribution in [-0.2, 0) is 19.1 Å². The van der Waals surface area contributed by atoms with Crippen LogP contribution in [0.3, 0.4) is 0 Å². The van der Waals surface area contributed by atoms with Gasteiger partial charge in [-0.05, 0) is 24.3 Å². The lowest BCUT2D eigenvalue weighted by Crippen LogP contribution is -2.21. The monoisotopic (exact) mass is 356 g/mol. The Kier molecular flexibility index (Phi) is 7.24. The van der Waals surface area contributed by atoms with Gasteiger partial charge in [-0.2, -0.15) is 0 Å². The molecule has 0 bridgehead atoms. The van der Waals surface area contributed by atoms with E-state index in [1.165, 1.54) is 0 Å². The molecule has 136 valence electrons. The van der Waals surface area contributed by atoms with Gasteiger partial charge in [-0.1, -0.05) is 36.4 Å². The van der Waals surface area contributed by atoms with E-state index in [-0.39, 0.29) is 0 Å². The maximum absolute atomic E-state index is 11.7. The molecule has 2 unspecified atom stereocenters. The molecule has 0 amide bonds. The topological polar surface area (TPSA) is 71.1 Å². The van der Waals surface area contributed by atoms with Gasteiger partial charge in [0, 0.05) is 26.0 Å². The van der Waals surface area contributed by atoms with E-state index in [9.17, 15) is 9.59 Å². The van der Waals surface area contributed by atoms with E-state index in [1.807, 2.05) is 12.1 Å². The van der Waals surface area contributed by atoms with Crippen molar-refractivity contribution in [2.45, 2.75) is 26.4 Å². The second-order valence-electron chi connectivity index (χ2n) is 5.20. The molecule has 2 aromatic rings. The molecule has 0 fully saturated rings. The van der Waals surface area contributed by atoms with Crippen LogP contribution in [0.5, 0.6) is 11.5 Å². The zero-order valence-corrected chi connectivity index (χ0v) is 14.5. The first kappa shape index (κ1) is 19.1. The van der Waals surface area contributed by atoms with E-state index in [4.69, 9.17) is 18.9 Å². The van der Waals surface area contributed by atoms with Gasteiger partial charge in [-0.3, -0.25) is 0 Å². The first-order chi connectivity index (χ1) is 12.5. The largest absolute Gasteiger partial charge is 0.455 e. The van der Waals surface area contributed by atoms with Gasteiger partial charge < -0.3 is 18.9 Å². The van der Waals surface area contributed by atoms with Gasteiger partial charge in [0.2, 0.25) is 12.6 Å². The fourth-order valence-electron chi connectivity index (χ4n) is 1.97. The fourth-order valence-corrected chi connectivity index (χ4v) is 1.97. The van der Waals surface area contributed by atoms with E-state index in [0.717, 1.165) is 12.2 Å². The molecule has 0 heterocycles. The van der Waals surface area contributed by atoms with Crippen LogP contribution >= 0.6 is 0 Å². The zero-order valence-electron chi connectivity index (χ0n) is 14.5. The third-order valence-corrected chi connectivity index (χ3v) is 3.01. The Hall–Kier alpha value is -3.28. The van der Waals surface area contributed by atoms with Gasteiger partial charge in [0.1, 0.15) is 11.5 Å². The normalized spacial score (nSPS) is 12.8. The molecule has 6 heteroatoms. The average Bonchev–Trinajstić information content (AvgIpc) is 2.61. The fraction of sp³-hybridized carbons (Fsp3) is 0.200. The summed E-state index contributed by atoms with van der Waals surface area (Å²) in [6, 6.07) is 17.9. The van der Waals surface area contributed by atoms with Crippen LogP contribution in [0.25, 0.3) is 0 Å². The van der Waals surface area contributed by atoms with Crippen molar-refractivity contribution in [3.63, 3.8) is 0 Å². The van der Waals surface area contributed by atoms with Crippen molar-refractivity contribution in [1.29, 1.82) is 0 Å². The Morgan fingerprint density at radius 1 is 0.692 bits per heavy atom. The maximum Gasteiger partial charge on any atom is 0.334 e. The van der Waals surface area contributed by atoms with Crippen LogP contribution in [-0.4, -0.2) is 24.5 Å². The molecule has 0 radical (unpaired) electrons. The number of esters is 2. The third kappa shape index (κ3) is 7.09. The summed E-state index contributed by atoms with van der Waals surface area (Å²) >= 11 is 0. The van der Waals surface area contributed by atoms with Crippen LogP contribution in [0, 0.1) is 0 Å². The number of benzene rings is 2. The van der Waals surface area contributed by atoms with Gasteiger partial charge >= 0.3 is 11.9 Å². The van der Waals surface area contributed by atoms with Crippen molar-refractivity contribution in [3.8, 4) is 11.5 Å². The maximum atomic E-state index is 11.7. The number of para-hydroxylation sites is 2. The summed E-state index contributed by atoms with van der Waals surface area (Å²) in [5.74, 6) is -0.296. The number of hydrogen-bond acceptors (Lipinski definition) is 6. The molecular formula is C20H20O6. The van der Waals surface area contributed by atoms with Crippen LogP contribution in [0.15, 0.2) is 72.8 Å². The highest BCUT2D eigenvalue weighted by molar-refractivity contribution is 5.91. The quantitative estimate of drug-likeness (QED) is 0.410. The lowest BCUT2D eigenvalue weighted by Gasteiger charge is -2.14. The van der Waals surface area contributed by atoms with Gasteiger partial charge in [-0.15, -0.1) is 0 Å². The van der Waals surface area contributed by atoms with Crippen molar-refractivity contribution in [2.75, 3.05) is 0 Å². The highest BCUT2D eigenvalue weighted by Gasteiger charge is 2.11. The standard InChI is InChI=1S/C20H20O6/c1-15(23-17-9-5-3-6-10-17)25-19(21)13-14-20(22)26-16(2)24-18-11-7-4-8-12-18/h3-16H,1-2H3. The highest BCUT2D eigenvalue weighted by Crippen LogP contribution is 2.12. The summed E-state index contributed by atoms with van der Waals surface area (Å²) in [6.45, 7) is 3.15. The number of hydrogen-bond donors (Lipinski definition) is 0. The predicted octanol–water partition coefficient (Wildman–Crippen LogP) is 3.48. The van der Waals surface area contributed by atoms with Crippen LogP contribution in [0.2, 0.25) is 0 Å². The molecule has 0 spiro atoms. The zero-order chi connectivity index (χ0) is 18.8. The van der Waals surface area contributed by atoms with Crippen molar-refractivity contribution < 1.29 is 28.5 Å². The van der Waals surface area contributed by atoms with Crippen molar-refractivity contribution in [3.05, 3.63) is 72.8 Å². The lowest BCUT2D eigenvalue weighted by molar-refractivity contribution is -0.158. The van der Waals surface area contributed by atoms with Crippen molar-refractivity contribution >= 4 is 11.9 Å². The Bertz CT molecular complexity index is 663. The molecule has 26 heavy (non-hydrogen) atoms. The Morgan fingerprint density at radius 2 is 1.04 bits per heavy atom. The van der Waals surface area contributed by atoms with Gasteiger partial charge in [-0.25, -0.2) is 9.59 Å². The van der Waals surface area contributed by atoms with Gasteiger partial charge in [0.15, 0.2) is 0 Å². The minimum absolute atomic E-state index is 0.572. The SMILES string of the molecule is CC(OC(=O)C=CC(=O)OC(C)Oc1ccccc1)Oc1ccccc1. The van der Waals surface area contributed by atoms with Gasteiger partial charge in [0.05, 0.1) is 0 Å². The molecular weight excluding hydrogens is 336 g/mol. The number of carbonyl (C=O) groups excluding carboxylic acids is 2. The van der Waals surface area contributed by atoms with Crippen LogP contribution < -0.4 is 9.47 Å². The lowest BCUT2D eigenvalue weighted by atomic mass is 10.3. The highest BCUT2D eigenvalue weighted by atomic mass is 16.7. The molecule has 0 aliphatic rings. The van der Waals surface area contributed by atoms with Gasteiger partial charge in [0.25, 0.3) is 0 Å². The first-order valence-corrected chi connectivity index (χ1v) is 8.05.